The first-order valence-electron chi connectivity index (χ1n) is 21.8. The van der Waals surface area contributed by atoms with E-state index < -0.39 is 41.1 Å². The van der Waals surface area contributed by atoms with Gasteiger partial charge in [0.05, 0.1) is 31.8 Å². The van der Waals surface area contributed by atoms with Crippen molar-refractivity contribution >= 4 is 22.2 Å². The van der Waals surface area contributed by atoms with Gasteiger partial charge in [-0.15, -0.1) is 0 Å². The van der Waals surface area contributed by atoms with E-state index in [-0.39, 0.29) is 41.6 Å². The van der Waals surface area contributed by atoms with E-state index in [4.69, 9.17) is 9.47 Å². The van der Waals surface area contributed by atoms with Crippen LogP contribution in [0.5, 0.6) is 34.5 Å². The minimum atomic E-state index is -1.14. The monoisotopic (exact) mass is 841 g/mol. The van der Waals surface area contributed by atoms with Crippen molar-refractivity contribution in [3.05, 3.63) is 124 Å². The maximum absolute atomic E-state index is 15.9. The minimum Gasteiger partial charge on any atom is -0.508 e. The van der Waals surface area contributed by atoms with Gasteiger partial charge in [0.25, 0.3) is 0 Å². The van der Waals surface area contributed by atoms with Crippen molar-refractivity contribution in [2.24, 2.45) is 17.3 Å². The van der Waals surface area contributed by atoms with Gasteiger partial charge in [-0.3, -0.25) is 4.79 Å². The molecule has 3 aliphatic heterocycles. The number of ketones is 1. The van der Waals surface area contributed by atoms with E-state index in [1.54, 1.807) is 24.3 Å². The molecule has 1 spiro atoms. The normalized spacial score (nSPS) is 24.2. The first-order valence-corrected chi connectivity index (χ1v) is 21.8. The molecule has 5 aromatic rings. The molecule has 0 saturated heterocycles. The van der Waals surface area contributed by atoms with E-state index in [9.17, 15) is 30.6 Å². The summed E-state index contributed by atoms with van der Waals surface area (Å²) in [5.41, 5.74) is 5.07. The second kappa shape index (κ2) is 17.0. The molecule has 62 heavy (non-hydrogen) atoms. The molecule has 4 aliphatic rings. The van der Waals surface area contributed by atoms with Crippen molar-refractivity contribution in [2.45, 2.75) is 82.3 Å². The van der Waals surface area contributed by atoms with Crippen molar-refractivity contribution in [3.8, 4) is 34.5 Å². The summed E-state index contributed by atoms with van der Waals surface area (Å²) >= 11 is 0. The van der Waals surface area contributed by atoms with E-state index >= 15 is 4.79 Å². The number of phenols is 4. The Morgan fingerprint density at radius 1 is 0.968 bits per heavy atom. The zero-order valence-corrected chi connectivity index (χ0v) is 34.9. The molecule has 9 rings (SSSR count). The van der Waals surface area contributed by atoms with Crippen LogP contribution in [-0.2, 0) is 30.5 Å². The topological polar surface area (TPSA) is 197 Å². The third-order valence-corrected chi connectivity index (χ3v) is 14.0. The number of H-pyrrole nitrogens is 1. The Hall–Kier alpha value is -6.11. The molecular formula is C50H55N3O9. The van der Waals surface area contributed by atoms with Crippen LogP contribution in [-0.4, -0.2) is 73.9 Å². The number of rotatable bonds is 8. The maximum atomic E-state index is 15.9. The van der Waals surface area contributed by atoms with Gasteiger partial charge < -0.3 is 55.7 Å². The number of aliphatic hydroxyl groups is 2. The number of ether oxygens (including phenoxy) is 2. The zero-order valence-electron chi connectivity index (χ0n) is 34.9. The summed E-state index contributed by atoms with van der Waals surface area (Å²) in [7, 11) is 1.41. The molecular weight excluding hydrogens is 787 g/mol. The lowest BCUT2D eigenvalue weighted by Crippen LogP contribution is -2.50. The number of carbonyl (C=O) groups is 1. The minimum absolute atomic E-state index is 0.0129. The molecule has 4 heterocycles. The van der Waals surface area contributed by atoms with Gasteiger partial charge >= 0.3 is 0 Å². The number of dihydropyridines is 1. The molecule has 1 aliphatic carbocycles. The van der Waals surface area contributed by atoms with Crippen molar-refractivity contribution in [1.29, 1.82) is 0 Å². The van der Waals surface area contributed by atoms with Crippen LogP contribution in [0.1, 0.15) is 72.4 Å². The third kappa shape index (κ3) is 7.59. The van der Waals surface area contributed by atoms with Gasteiger partial charge in [0, 0.05) is 47.4 Å². The molecule has 1 aromatic heterocycles. The number of hydrogen-bond acceptors (Lipinski definition) is 11. The van der Waals surface area contributed by atoms with Crippen LogP contribution in [0.3, 0.4) is 0 Å². The number of aromatic nitrogens is 1. The molecule has 324 valence electrons. The Kier molecular flexibility index (Phi) is 11.3. The summed E-state index contributed by atoms with van der Waals surface area (Å²) in [5, 5.41) is 76.7. The lowest BCUT2D eigenvalue weighted by Gasteiger charge is -2.46. The van der Waals surface area contributed by atoms with Gasteiger partial charge in [-0.1, -0.05) is 24.3 Å². The molecule has 6 atom stereocenters. The van der Waals surface area contributed by atoms with Gasteiger partial charge in [0.15, 0.2) is 23.0 Å². The first-order chi connectivity index (χ1) is 30.0. The maximum Gasteiger partial charge on any atom is 0.200 e. The largest absolute Gasteiger partial charge is 0.508 e. The number of aliphatic hydroxyl groups excluding tert-OH is 2. The van der Waals surface area contributed by atoms with E-state index in [2.05, 4.69) is 21.7 Å². The number of allylic oxidation sites excluding steroid dienone is 2. The number of aromatic amines is 1. The molecule has 6 unspecified atom stereocenters. The number of aromatic hydroxyl groups is 4. The highest BCUT2D eigenvalue weighted by molar-refractivity contribution is 5.91. The lowest BCUT2D eigenvalue weighted by molar-refractivity contribution is -0.134. The summed E-state index contributed by atoms with van der Waals surface area (Å²) in [6.07, 6.45) is 8.54. The number of fused-ring (bicyclic) bond motifs is 6. The second-order valence-electron chi connectivity index (χ2n) is 17.5. The molecule has 4 aromatic carbocycles. The van der Waals surface area contributed by atoms with Crippen molar-refractivity contribution < 1.29 is 44.9 Å². The molecule has 0 radical (unpaired) electrons. The Balaban J connectivity index is 1.21. The van der Waals surface area contributed by atoms with Crippen LogP contribution in [0.4, 0.5) is 5.69 Å². The number of anilines is 1. The highest BCUT2D eigenvalue weighted by Crippen LogP contribution is 2.58. The fourth-order valence-electron chi connectivity index (χ4n) is 11.1. The molecule has 9 N–H and O–H groups in total. The van der Waals surface area contributed by atoms with Gasteiger partial charge in [0.1, 0.15) is 17.4 Å². The first kappa shape index (κ1) is 41.3. The van der Waals surface area contributed by atoms with Crippen LogP contribution >= 0.6 is 0 Å². The fraction of sp³-hybridized carbons (Fsp3) is 0.380. The van der Waals surface area contributed by atoms with Gasteiger partial charge in [0.2, 0.25) is 5.75 Å². The van der Waals surface area contributed by atoms with E-state index in [1.165, 1.54) is 13.2 Å². The molecule has 12 nitrogen and oxygen atoms in total. The van der Waals surface area contributed by atoms with Gasteiger partial charge in [-0.05, 0) is 151 Å². The standard InChI is InChI=1S/C50H55N3O9/c1-61-45-25-31(24-44(59)48(45)60)29-6-11-37-35-12-10-34(54)22-30(35)7-13-39(37)53-46-26-32(17-20-52-46)50(18-16-40(55)38(50)27-33-4-2-19-51-33)47(43(58)23-29)41(56)14-8-28-9-15-42(57)49-36(28)5-3-21-62-49/h2,4,7,9-10,12-13,15,17,19,22,24-26,29,38,40-41,47,51-57,59-60H,3,5-6,8,11,14,16,18,20-21,23,27H2,1H3. The van der Waals surface area contributed by atoms with Crippen LogP contribution < -0.4 is 20.1 Å². The molecule has 1 fully saturated rings. The SMILES string of the molecule is COc1cc(C2CCc3c(ccc4cc(O)ccc34)NC3=CC(=CCN3)C3(CCC(O)C3Cc3ccc[nH]3)C(C(O)CCc3ccc(O)c4c3CCCO4)C(=O)C2)cc(O)c1O. The van der Waals surface area contributed by atoms with Crippen molar-refractivity contribution in [1.82, 2.24) is 10.3 Å². The highest BCUT2D eigenvalue weighted by Gasteiger charge is 2.58. The average Bonchev–Trinajstić information content (AvgIpc) is 3.91. The number of methoxy groups -OCH3 is 1. The highest BCUT2D eigenvalue weighted by atomic mass is 16.5. The number of Topliss-reactive ketones (excluding diaryl/α,β-unsaturated/α-hetero) is 1. The summed E-state index contributed by atoms with van der Waals surface area (Å²) in [4.78, 5) is 19.2. The van der Waals surface area contributed by atoms with Gasteiger partial charge in [-0.2, -0.15) is 0 Å². The molecule has 2 bridgehead atoms. The summed E-state index contributed by atoms with van der Waals surface area (Å²) < 4.78 is 11.4. The summed E-state index contributed by atoms with van der Waals surface area (Å²) in [6, 6.07) is 19.8. The molecule has 0 amide bonds. The third-order valence-electron chi connectivity index (χ3n) is 14.0. The smallest absolute Gasteiger partial charge is 0.200 e. The number of carbonyl (C=O) groups excluding carboxylic acids is 1. The van der Waals surface area contributed by atoms with Crippen LogP contribution in [0.25, 0.3) is 10.8 Å². The quantitative estimate of drug-likeness (QED) is 0.0706. The van der Waals surface area contributed by atoms with E-state index in [0.29, 0.717) is 63.0 Å². The van der Waals surface area contributed by atoms with E-state index in [0.717, 1.165) is 63.1 Å². The molecule has 12 heteroatoms. The Morgan fingerprint density at radius 3 is 2.66 bits per heavy atom. The predicted octanol–water partition coefficient (Wildman–Crippen LogP) is 7.41. The lowest BCUT2D eigenvalue weighted by atomic mass is 9.57. The van der Waals surface area contributed by atoms with Crippen LogP contribution in [0, 0.1) is 17.3 Å². The number of aryl methyl sites for hydroxylation is 2. The Morgan fingerprint density at radius 2 is 1.84 bits per heavy atom. The van der Waals surface area contributed by atoms with Crippen molar-refractivity contribution in [3.63, 3.8) is 0 Å². The molecule has 1 saturated carbocycles. The van der Waals surface area contributed by atoms with Gasteiger partial charge in [-0.25, -0.2) is 0 Å². The second-order valence-corrected chi connectivity index (χ2v) is 17.5. The number of phenolic OH excluding ortho intramolecular Hbond substituents is 4. The fourth-order valence-corrected chi connectivity index (χ4v) is 11.1. The van der Waals surface area contributed by atoms with Crippen molar-refractivity contribution in [2.75, 3.05) is 25.6 Å². The zero-order chi connectivity index (χ0) is 43.1. The Bertz CT molecular complexity index is 2550. The summed E-state index contributed by atoms with van der Waals surface area (Å²) in [5.74, 6) is -1.33. The number of nitrogens with one attached hydrogen (secondary N) is 3. The average molecular weight is 842 g/mol. The Labute approximate surface area is 360 Å². The van der Waals surface area contributed by atoms with Crippen LogP contribution in [0.15, 0.2) is 96.5 Å². The van der Waals surface area contributed by atoms with Crippen LogP contribution in [0.2, 0.25) is 0 Å². The number of hydrogen-bond donors (Lipinski definition) is 9. The summed E-state index contributed by atoms with van der Waals surface area (Å²) in [6.45, 7) is 0.964. The van der Waals surface area contributed by atoms with E-state index in [1.807, 2.05) is 48.7 Å². The number of benzene rings is 4. The predicted molar refractivity (Wildman–Crippen MR) is 236 cm³/mol.